The summed E-state index contributed by atoms with van der Waals surface area (Å²) in [7, 11) is 0. The van der Waals surface area contributed by atoms with Crippen molar-refractivity contribution in [1.29, 1.82) is 0 Å². The summed E-state index contributed by atoms with van der Waals surface area (Å²) < 4.78 is 0. The summed E-state index contributed by atoms with van der Waals surface area (Å²) in [5.74, 6) is 2.65. The molecular weight excluding hydrogens is 276 g/mol. The smallest absolute Gasteiger partial charge is 0.0540 e. The van der Waals surface area contributed by atoms with Crippen LogP contribution in [0.4, 0.5) is 0 Å². The van der Waals surface area contributed by atoms with Crippen molar-refractivity contribution in [1.82, 2.24) is 0 Å². The molecule has 0 heterocycles. The van der Waals surface area contributed by atoms with Crippen LogP contribution in [0.2, 0.25) is 0 Å². The van der Waals surface area contributed by atoms with Crippen LogP contribution in [0, 0.1) is 12.3 Å². The average Bonchev–Trinajstić information content (AvgIpc) is 2.33. The number of unbranched alkanes of at least 4 members (excludes halogenated alkanes) is 7. The summed E-state index contributed by atoms with van der Waals surface area (Å²) in [5.41, 5.74) is 0. The molecule has 1 atom stereocenters. The van der Waals surface area contributed by atoms with Gasteiger partial charge in [0.2, 0.25) is 0 Å². The molecule has 0 fully saturated rings. The normalized spacial score (nSPS) is 12.3. The zero-order valence-corrected chi connectivity index (χ0v) is 12.6. The minimum Gasteiger partial charge on any atom is -0.393 e. The first-order chi connectivity index (χ1) is 8.31. The van der Waals surface area contributed by atoms with Crippen LogP contribution in [0.1, 0.15) is 70.6 Å². The number of aliphatic hydroxyl groups is 1. The molecule has 1 unspecified atom stereocenters. The number of hydrogen-bond acceptors (Lipinski definition) is 1. The van der Waals surface area contributed by atoms with Crippen molar-refractivity contribution in [2.24, 2.45) is 0 Å². The molecule has 1 nitrogen and oxygen atoms in total. The minimum absolute atomic E-state index is 0.0861. The van der Waals surface area contributed by atoms with Gasteiger partial charge in [-0.3, -0.25) is 0 Å². The second-order valence-corrected chi connectivity index (χ2v) is 5.50. The molecule has 0 aromatic rings. The first-order valence-electron chi connectivity index (χ1n) is 6.98. The average molecular weight is 303 g/mol. The van der Waals surface area contributed by atoms with E-state index >= 15 is 0 Å². The van der Waals surface area contributed by atoms with Crippen LogP contribution < -0.4 is 0 Å². The highest BCUT2D eigenvalue weighted by atomic mass is 79.9. The second kappa shape index (κ2) is 14.1. The van der Waals surface area contributed by atoms with Gasteiger partial charge in [0.1, 0.15) is 0 Å². The number of alkyl halides is 1. The van der Waals surface area contributed by atoms with E-state index in [1.165, 1.54) is 32.1 Å². The molecule has 0 aliphatic heterocycles. The molecule has 0 saturated heterocycles. The molecular formula is C15H27BrO. The third kappa shape index (κ3) is 13.9. The summed E-state index contributed by atoms with van der Waals surface area (Å²) in [6.07, 6.45) is 17.6. The molecule has 0 saturated carbocycles. The largest absolute Gasteiger partial charge is 0.393 e. The van der Waals surface area contributed by atoms with Gasteiger partial charge in [-0.1, -0.05) is 54.5 Å². The van der Waals surface area contributed by atoms with Crippen molar-refractivity contribution in [3.05, 3.63) is 0 Å². The first-order valence-corrected chi connectivity index (χ1v) is 8.11. The van der Waals surface area contributed by atoms with Gasteiger partial charge >= 0.3 is 0 Å². The lowest BCUT2D eigenvalue weighted by atomic mass is 10.0. The maximum Gasteiger partial charge on any atom is 0.0540 e. The van der Waals surface area contributed by atoms with Gasteiger partial charge in [-0.05, 0) is 25.7 Å². The zero-order chi connectivity index (χ0) is 12.8. The summed E-state index contributed by atoms with van der Waals surface area (Å²) in [6.45, 7) is 0. The van der Waals surface area contributed by atoms with Crippen LogP contribution in [0.3, 0.4) is 0 Å². The molecule has 1 N–H and O–H groups in total. The third-order valence-electron chi connectivity index (χ3n) is 3.03. The highest BCUT2D eigenvalue weighted by molar-refractivity contribution is 9.09. The minimum atomic E-state index is -0.0861. The van der Waals surface area contributed by atoms with E-state index in [0.717, 1.165) is 43.9 Å². The fourth-order valence-electron chi connectivity index (χ4n) is 1.93. The Labute approximate surface area is 116 Å². The molecule has 2 heteroatoms. The van der Waals surface area contributed by atoms with Crippen LogP contribution in [-0.4, -0.2) is 16.5 Å². The Morgan fingerprint density at radius 1 is 0.882 bits per heavy atom. The fourth-order valence-corrected chi connectivity index (χ4v) is 2.33. The Kier molecular flexibility index (Phi) is 14.1. The molecule has 0 aliphatic carbocycles. The molecule has 0 rings (SSSR count). The Hall–Kier alpha value is 0. The maximum atomic E-state index is 9.76. The molecule has 0 spiro atoms. The van der Waals surface area contributed by atoms with Crippen molar-refractivity contribution < 1.29 is 5.11 Å². The van der Waals surface area contributed by atoms with Crippen molar-refractivity contribution >= 4 is 15.9 Å². The van der Waals surface area contributed by atoms with Crippen LogP contribution in [0.15, 0.2) is 0 Å². The molecule has 100 valence electrons. The number of rotatable bonds is 12. The van der Waals surface area contributed by atoms with Gasteiger partial charge in [-0.2, -0.15) is 0 Å². The van der Waals surface area contributed by atoms with Crippen molar-refractivity contribution in [2.45, 2.75) is 76.7 Å². The Balaban J connectivity index is 3.12. The van der Waals surface area contributed by atoms with Gasteiger partial charge in [0.05, 0.1) is 6.10 Å². The van der Waals surface area contributed by atoms with Gasteiger partial charge in [0.25, 0.3) is 0 Å². The zero-order valence-electron chi connectivity index (χ0n) is 11.0. The van der Waals surface area contributed by atoms with Gasteiger partial charge < -0.3 is 5.11 Å². The molecule has 0 amide bonds. The Bertz CT molecular complexity index is 186. The highest BCUT2D eigenvalue weighted by Gasteiger charge is 2.03. The van der Waals surface area contributed by atoms with E-state index in [9.17, 15) is 5.11 Å². The predicted molar refractivity (Wildman–Crippen MR) is 79.4 cm³/mol. The SMILES string of the molecule is C#CCCCCCC(O)CCCCCCCBr. The lowest BCUT2D eigenvalue weighted by Crippen LogP contribution is -2.05. The van der Waals surface area contributed by atoms with Crippen LogP contribution in [-0.2, 0) is 0 Å². The summed E-state index contributed by atoms with van der Waals surface area (Å²) in [4.78, 5) is 0. The maximum absolute atomic E-state index is 9.76. The standard InChI is InChI=1S/C15H27BrO/c1-2-3-4-6-9-12-15(17)13-10-7-5-8-11-14-16/h1,15,17H,3-14H2. The highest BCUT2D eigenvalue weighted by Crippen LogP contribution is 2.12. The van der Waals surface area contributed by atoms with E-state index in [1.54, 1.807) is 0 Å². The van der Waals surface area contributed by atoms with E-state index in [4.69, 9.17) is 6.42 Å². The molecule has 0 bridgehead atoms. The summed E-state index contributed by atoms with van der Waals surface area (Å²) in [5, 5.41) is 10.9. The Morgan fingerprint density at radius 3 is 2.00 bits per heavy atom. The number of hydrogen-bond donors (Lipinski definition) is 1. The molecule has 17 heavy (non-hydrogen) atoms. The number of terminal acetylenes is 1. The molecule has 0 aromatic heterocycles. The van der Waals surface area contributed by atoms with Crippen molar-refractivity contribution in [3.8, 4) is 12.3 Å². The van der Waals surface area contributed by atoms with Crippen LogP contribution >= 0.6 is 15.9 Å². The summed E-state index contributed by atoms with van der Waals surface area (Å²) >= 11 is 3.44. The van der Waals surface area contributed by atoms with Gasteiger partial charge in [0.15, 0.2) is 0 Å². The third-order valence-corrected chi connectivity index (χ3v) is 3.59. The van der Waals surface area contributed by atoms with E-state index in [2.05, 4.69) is 21.9 Å². The van der Waals surface area contributed by atoms with Gasteiger partial charge in [-0.15, -0.1) is 12.3 Å². The summed E-state index contributed by atoms with van der Waals surface area (Å²) in [6, 6.07) is 0. The predicted octanol–water partition coefficient (Wildman–Crippen LogP) is 4.67. The van der Waals surface area contributed by atoms with Crippen LogP contribution in [0.5, 0.6) is 0 Å². The number of halogens is 1. The molecule has 0 radical (unpaired) electrons. The molecule has 0 aliphatic rings. The van der Waals surface area contributed by atoms with E-state index in [-0.39, 0.29) is 6.10 Å². The van der Waals surface area contributed by atoms with Crippen LogP contribution in [0.25, 0.3) is 0 Å². The van der Waals surface area contributed by atoms with E-state index in [1.807, 2.05) is 0 Å². The van der Waals surface area contributed by atoms with Gasteiger partial charge in [-0.25, -0.2) is 0 Å². The van der Waals surface area contributed by atoms with Crippen molar-refractivity contribution in [2.75, 3.05) is 5.33 Å². The fraction of sp³-hybridized carbons (Fsp3) is 0.867. The lowest BCUT2D eigenvalue weighted by molar-refractivity contribution is 0.147. The second-order valence-electron chi connectivity index (χ2n) is 4.70. The van der Waals surface area contributed by atoms with E-state index in [0.29, 0.717) is 0 Å². The Morgan fingerprint density at radius 2 is 1.41 bits per heavy atom. The quantitative estimate of drug-likeness (QED) is 0.316. The first kappa shape index (κ1) is 17.0. The topological polar surface area (TPSA) is 20.2 Å². The number of aliphatic hydroxyl groups excluding tert-OH is 1. The lowest BCUT2D eigenvalue weighted by Gasteiger charge is -2.09. The van der Waals surface area contributed by atoms with E-state index < -0.39 is 0 Å². The van der Waals surface area contributed by atoms with Crippen molar-refractivity contribution in [3.63, 3.8) is 0 Å². The molecule has 0 aromatic carbocycles. The monoisotopic (exact) mass is 302 g/mol. The van der Waals surface area contributed by atoms with Gasteiger partial charge in [0, 0.05) is 11.8 Å².